The van der Waals surface area contributed by atoms with E-state index in [4.69, 9.17) is 14.2 Å². The molecule has 2 aromatic carbocycles. The molecule has 2 aromatic rings. The van der Waals surface area contributed by atoms with E-state index in [-0.39, 0.29) is 30.0 Å². The van der Waals surface area contributed by atoms with Crippen molar-refractivity contribution in [1.29, 1.82) is 0 Å². The summed E-state index contributed by atoms with van der Waals surface area (Å²) in [6.45, 7) is 8.76. The summed E-state index contributed by atoms with van der Waals surface area (Å²) in [5.74, 6) is 2.12. The molecule has 1 fully saturated rings. The van der Waals surface area contributed by atoms with E-state index in [0.29, 0.717) is 24.1 Å². The summed E-state index contributed by atoms with van der Waals surface area (Å²) in [5.41, 5.74) is 3.45. The summed E-state index contributed by atoms with van der Waals surface area (Å²) in [6.07, 6.45) is 0. The van der Waals surface area contributed by atoms with Gasteiger partial charge in [-0.15, -0.1) is 24.0 Å². The van der Waals surface area contributed by atoms with Crippen molar-refractivity contribution in [2.45, 2.75) is 19.9 Å². The quantitative estimate of drug-likeness (QED) is 0.291. The van der Waals surface area contributed by atoms with Crippen molar-refractivity contribution in [3.8, 4) is 11.5 Å². The lowest BCUT2D eigenvalue weighted by Crippen LogP contribution is -2.44. The molecular weight excluding hydrogens is 519 g/mol. The lowest BCUT2D eigenvalue weighted by molar-refractivity contribution is 0.0170. The maximum atomic E-state index is 5.69. The lowest BCUT2D eigenvalue weighted by atomic mass is 10.0. The maximum absolute atomic E-state index is 5.69. The Morgan fingerprint density at radius 1 is 1.16 bits per heavy atom. The van der Waals surface area contributed by atoms with Crippen molar-refractivity contribution in [2.75, 3.05) is 58.9 Å². The number of aliphatic imine (C=N–C) groups is 1. The zero-order valence-corrected chi connectivity index (χ0v) is 21.7. The van der Waals surface area contributed by atoms with Crippen LogP contribution in [0.3, 0.4) is 0 Å². The molecule has 8 heteroatoms. The zero-order chi connectivity index (χ0) is 22.1. The molecule has 0 amide bonds. The monoisotopic (exact) mass is 554 g/mol. The summed E-state index contributed by atoms with van der Waals surface area (Å²) >= 11 is 0. The number of guanidine groups is 1. The van der Waals surface area contributed by atoms with Gasteiger partial charge in [0.25, 0.3) is 0 Å². The van der Waals surface area contributed by atoms with Gasteiger partial charge in [-0.1, -0.05) is 29.8 Å². The van der Waals surface area contributed by atoms with Gasteiger partial charge in [0.2, 0.25) is 0 Å². The molecule has 1 atom stereocenters. The third-order valence-corrected chi connectivity index (χ3v) is 5.33. The highest BCUT2D eigenvalue weighted by Gasteiger charge is 2.23. The Morgan fingerprint density at radius 3 is 2.59 bits per heavy atom. The summed E-state index contributed by atoms with van der Waals surface area (Å²) in [7, 11) is 3.42. The molecule has 176 valence electrons. The molecule has 0 radical (unpaired) electrons. The second-order valence-corrected chi connectivity index (χ2v) is 7.46. The second kappa shape index (κ2) is 13.5. The number of methoxy groups -OCH3 is 1. The van der Waals surface area contributed by atoms with E-state index in [0.717, 1.165) is 38.5 Å². The molecular formula is C24H35IN4O3. The predicted molar refractivity (Wildman–Crippen MR) is 141 cm³/mol. The van der Waals surface area contributed by atoms with Crippen molar-refractivity contribution < 1.29 is 14.2 Å². The number of morpholine rings is 1. The van der Waals surface area contributed by atoms with Gasteiger partial charge >= 0.3 is 0 Å². The van der Waals surface area contributed by atoms with Crippen LogP contribution in [0, 0.1) is 6.92 Å². The molecule has 0 aliphatic carbocycles. The zero-order valence-electron chi connectivity index (χ0n) is 19.4. The van der Waals surface area contributed by atoms with Crippen LogP contribution in [0.5, 0.6) is 11.5 Å². The molecule has 1 aliphatic heterocycles. The maximum Gasteiger partial charge on any atom is 0.195 e. The van der Waals surface area contributed by atoms with Gasteiger partial charge in [-0.2, -0.15) is 0 Å². The van der Waals surface area contributed by atoms with Crippen molar-refractivity contribution in [3.63, 3.8) is 0 Å². The summed E-state index contributed by atoms with van der Waals surface area (Å²) in [6, 6.07) is 14.7. The number of ether oxygens (including phenoxy) is 3. The van der Waals surface area contributed by atoms with Crippen LogP contribution in [0.1, 0.15) is 24.1 Å². The third kappa shape index (κ3) is 7.25. The lowest BCUT2D eigenvalue weighted by Gasteiger charge is -2.35. The largest absolute Gasteiger partial charge is 0.493 e. The molecule has 1 saturated heterocycles. The Balaban J connectivity index is 0.00000363. The van der Waals surface area contributed by atoms with Crippen LogP contribution in [0.25, 0.3) is 0 Å². The van der Waals surface area contributed by atoms with Crippen LogP contribution in [0.2, 0.25) is 0 Å². The minimum absolute atomic E-state index is 0. The van der Waals surface area contributed by atoms with Gasteiger partial charge in [-0.3, -0.25) is 9.89 Å². The fourth-order valence-electron chi connectivity index (χ4n) is 3.76. The van der Waals surface area contributed by atoms with Gasteiger partial charge in [0, 0.05) is 38.4 Å². The molecule has 0 saturated carbocycles. The number of nitrogens with zero attached hydrogens (tertiary/aromatic N) is 2. The van der Waals surface area contributed by atoms with Crippen LogP contribution in [0.15, 0.2) is 47.5 Å². The van der Waals surface area contributed by atoms with Crippen LogP contribution in [0.4, 0.5) is 5.69 Å². The molecule has 1 unspecified atom stereocenters. The van der Waals surface area contributed by atoms with E-state index in [1.807, 2.05) is 25.1 Å². The molecule has 7 nitrogen and oxygen atoms in total. The molecule has 2 N–H and O–H groups in total. The van der Waals surface area contributed by atoms with Gasteiger partial charge in [0.1, 0.15) is 0 Å². The van der Waals surface area contributed by atoms with E-state index in [1.54, 1.807) is 14.2 Å². The van der Waals surface area contributed by atoms with Gasteiger partial charge in [-0.05, 0) is 31.5 Å². The van der Waals surface area contributed by atoms with Gasteiger partial charge in [0.05, 0.1) is 33.0 Å². The molecule has 0 aromatic heterocycles. The summed E-state index contributed by atoms with van der Waals surface area (Å²) < 4.78 is 16.6. The van der Waals surface area contributed by atoms with Crippen LogP contribution >= 0.6 is 24.0 Å². The number of aryl methyl sites for hydroxylation is 1. The number of halogens is 1. The number of rotatable bonds is 8. The Morgan fingerprint density at radius 2 is 1.94 bits per heavy atom. The highest BCUT2D eigenvalue weighted by molar-refractivity contribution is 14.0. The average Bonchev–Trinajstić information content (AvgIpc) is 2.79. The molecule has 1 heterocycles. The number of hydrogen-bond acceptors (Lipinski definition) is 5. The van der Waals surface area contributed by atoms with Crippen LogP contribution in [-0.4, -0.2) is 64.5 Å². The number of nitrogens with one attached hydrogen (secondary N) is 2. The first-order valence-corrected chi connectivity index (χ1v) is 10.8. The van der Waals surface area contributed by atoms with Crippen molar-refractivity contribution in [3.05, 3.63) is 53.6 Å². The van der Waals surface area contributed by atoms with Gasteiger partial charge < -0.3 is 24.8 Å². The number of hydrogen-bond donors (Lipinski definition) is 2. The fourth-order valence-corrected chi connectivity index (χ4v) is 3.76. The Hall–Kier alpha value is -2.04. The van der Waals surface area contributed by atoms with Crippen molar-refractivity contribution in [1.82, 2.24) is 10.2 Å². The number of anilines is 1. The van der Waals surface area contributed by atoms with E-state index in [1.165, 1.54) is 11.1 Å². The highest BCUT2D eigenvalue weighted by Crippen LogP contribution is 2.30. The predicted octanol–water partition coefficient (Wildman–Crippen LogP) is 4.08. The molecule has 0 spiro atoms. The number of benzene rings is 2. The first-order valence-electron chi connectivity index (χ1n) is 10.8. The third-order valence-electron chi connectivity index (χ3n) is 5.33. The molecule has 32 heavy (non-hydrogen) atoms. The van der Waals surface area contributed by atoms with E-state index in [9.17, 15) is 0 Å². The second-order valence-electron chi connectivity index (χ2n) is 7.46. The Bertz CT molecular complexity index is 872. The van der Waals surface area contributed by atoms with Crippen molar-refractivity contribution >= 4 is 35.6 Å². The Kier molecular flexibility index (Phi) is 11.1. The standard InChI is InChI=1S/C24H34N4O3.HI/c1-5-31-23-16-20(9-10-22(23)29-4)27-24(25-3)26-17-21(28-11-13-30-14-12-28)19-8-6-7-18(2)15-19;/h6-10,15-16,21H,5,11-14,17H2,1-4H3,(H2,25,26,27);1H. The summed E-state index contributed by atoms with van der Waals surface area (Å²) in [5, 5.41) is 6.86. The summed E-state index contributed by atoms with van der Waals surface area (Å²) in [4.78, 5) is 6.88. The minimum Gasteiger partial charge on any atom is -0.493 e. The van der Waals surface area contributed by atoms with Crippen molar-refractivity contribution in [2.24, 2.45) is 4.99 Å². The SMILES string of the molecule is CCOc1cc(NC(=NC)NCC(c2cccc(C)c2)N2CCOCC2)ccc1OC.I. The average molecular weight is 554 g/mol. The van der Waals surface area contributed by atoms with Crippen LogP contribution in [-0.2, 0) is 4.74 Å². The Labute approximate surface area is 208 Å². The topological polar surface area (TPSA) is 67.4 Å². The minimum atomic E-state index is 0. The van der Waals surface area contributed by atoms with E-state index < -0.39 is 0 Å². The molecule has 3 rings (SSSR count). The highest BCUT2D eigenvalue weighted by atomic mass is 127. The van der Waals surface area contributed by atoms with Gasteiger partial charge in [-0.25, -0.2) is 0 Å². The van der Waals surface area contributed by atoms with Crippen LogP contribution < -0.4 is 20.1 Å². The first kappa shape index (κ1) is 26.2. The smallest absolute Gasteiger partial charge is 0.195 e. The van der Waals surface area contributed by atoms with Gasteiger partial charge in [0.15, 0.2) is 17.5 Å². The normalized spacial score (nSPS) is 15.4. The first-order chi connectivity index (χ1) is 15.1. The van der Waals surface area contributed by atoms with E-state index >= 15 is 0 Å². The fraction of sp³-hybridized carbons (Fsp3) is 0.458. The molecule has 1 aliphatic rings. The molecule has 0 bridgehead atoms. The van der Waals surface area contributed by atoms with E-state index in [2.05, 4.69) is 51.7 Å².